The quantitative estimate of drug-likeness (QED) is 0.872. The van der Waals surface area contributed by atoms with Gasteiger partial charge in [0.05, 0.1) is 30.5 Å². The van der Waals surface area contributed by atoms with Gasteiger partial charge in [0.1, 0.15) is 0 Å². The highest BCUT2D eigenvalue weighted by Crippen LogP contribution is 2.38. The highest BCUT2D eigenvalue weighted by Gasteiger charge is 2.50. The van der Waals surface area contributed by atoms with Gasteiger partial charge in [-0.25, -0.2) is 0 Å². The smallest absolute Gasteiger partial charge is 0.234 e. The molecule has 2 saturated heterocycles. The summed E-state index contributed by atoms with van der Waals surface area (Å²) in [6.07, 6.45) is 8.03. The van der Waals surface area contributed by atoms with E-state index in [1.165, 1.54) is 0 Å². The molecule has 0 unspecified atom stereocenters. The van der Waals surface area contributed by atoms with Gasteiger partial charge in [0, 0.05) is 31.7 Å². The third-order valence-electron chi connectivity index (χ3n) is 4.99. The fraction of sp³-hybridized carbons (Fsp3) is 0.471. The number of nitrogens with zero attached hydrogens (tertiary/aromatic N) is 3. The van der Waals surface area contributed by atoms with Gasteiger partial charge < -0.3 is 15.4 Å². The second kappa shape index (κ2) is 6.33. The third-order valence-corrected chi connectivity index (χ3v) is 4.99. The number of hydrogen-bond donors (Lipinski definition) is 2. The Balaban J connectivity index is 1.45. The number of carbonyl (C=O) groups is 1. The van der Waals surface area contributed by atoms with Crippen LogP contribution in [0.1, 0.15) is 12.0 Å². The Hall–Kier alpha value is -2.25. The van der Waals surface area contributed by atoms with E-state index in [9.17, 15) is 4.79 Å². The molecular weight excluding hydrogens is 306 g/mol. The van der Waals surface area contributed by atoms with Crippen LogP contribution in [0.5, 0.6) is 0 Å². The molecule has 2 N–H and O–H groups in total. The standard InChI is InChI=1S/C17H21N5O2/c23-16(17-11-19-7-14(17)3-5-24-12-17)21-15-8-20-22(10-15)9-13-2-1-4-18-6-13/h1-2,4,6,8,10,14,19H,3,5,7,9,11-12H2,(H,21,23)/t14-,17+/m1/s1. The molecule has 126 valence electrons. The lowest BCUT2D eigenvalue weighted by molar-refractivity contribution is -0.135. The molecule has 2 fully saturated rings. The minimum absolute atomic E-state index is 0.0260. The van der Waals surface area contributed by atoms with Crippen molar-refractivity contribution in [2.75, 3.05) is 31.6 Å². The van der Waals surface area contributed by atoms with Crippen LogP contribution in [0.15, 0.2) is 36.9 Å². The zero-order chi connectivity index (χ0) is 16.4. The summed E-state index contributed by atoms with van der Waals surface area (Å²) in [7, 11) is 0. The highest BCUT2D eigenvalue weighted by molar-refractivity contribution is 5.96. The van der Waals surface area contributed by atoms with Crippen molar-refractivity contribution in [1.29, 1.82) is 0 Å². The molecule has 7 heteroatoms. The number of rotatable bonds is 4. The summed E-state index contributed by atoms with van der Waals surface area (Å²) < 4.78 is 7.40. The van der Waals surface area contributed by atoms with E-state index in [2.05, 4.69) is 20.7 Å². The maximum Gasteiger partial charge on any atom is 0.234 e. The highest BCUT2D eigenvalue weighted by atomic mass is 16.5. The Morgan fingerprint density at radius 2 is 2.46 bits per heavy atom. The van der Waals surface area contributed by atoms with Crippen LogP contribution in [-0.2, 0) is 16.1 Å². The molecule has 0 radical (unpaired) electrons. The average Bonchev–Trinajstić information content (AvgIpc) is 3.23. The number of hydrogen-bond acceptors (Lipinski definition) is 5. The first-order valence-corrected chi connectivity index (χ1v) is 8.27. The molecule has 0 aromatic carbocycles. The summed E-state index contributed by atoms with van der Waals surface area (Å²) in [4.78, 5) is 17.0. The second-order valence-electron chi connectivity index (χ2n) is 6.57. The third kappa shape index (κ3) is 2.81. The normalized spacial score (nSPS) is 26.1. The van der Waals surface area contributed by atoms with Crippen LogP contribution < -0.4 is 10.6 Å². The van der Waals surface area contributed by atoms with Crippen molar-refractivity contribution in [3.8, 4) is 0 Å². The molecule has 7 nitrogen and oxygen atoms in total. The fourth-order valence-corrected chi connectivity index (χ4v) is 3.62. The second-order valence-corrected chi connectivity index (χ2v) is 6.57. The number of amides is 1. The monoisotopic (exact) mass is 327 g/mol. The molecule has 24 heavy (non-hydrogen) atoms. The molecule has 4 rings (SSSR count). The fourth-order valence-electron chi connectivity index (χ4n) is 3.62. The van der Waals surface area contributed by atoms with Gasteiger partial charge in [0.2, 0.25) is 5.91 Å². The molecule has 2 atom stereocenters. The number of anilines is 1. The van der Waals surface area contributed by atoms with E-state index in [0.717, 1.165) is 30.8 Å². The average molecular weight is 327 g/mol. The van der Waals surface area contributed by atoms with E-state index < -0.39 is 5.41 Å². The molecule has 2 aliphatic heterocycles. The summed E-state index contributed by atoms with van der Waals surface area (Å²) in [5.41, 5.74) is 1.33. The Bertz CT molecular complexity index is 717. The van der Waals surface area contributed by atoms with Crippen molar-refractivity contribution in [1.82, 2.24) is 20.1 Å². The maximum atomic E-state index is 12.9. The molecular formula is C17H21N5O2. The Kier molecular flexibility index (Phi) is 4.03. The first-order chi connectivity index (χ1) is 11.8. The van der Waals surface area contributed by atoms with Crippen molar-refractivity contribution >= 4 is 11.6 Å². The number of carbonyl (C=O) groups excluding carboxylic acids is 1. The van der Waals surface area contributed by atoms with Crippen LogP contribution in [0, 0.1) is 11.3 Å². The van der Waals surface area contributed by atoms with Crippen LogP contribution in [0.25, 0.3) is 0 Å². The Morgan fingerprint density at radius 3 is 3.33 bits per heavy atom. The molecule has 0 aliphatic carbocycles. The van der Waals surface area contributed by atoms with E-state index in [0.29, 0.717) is 25.6 Å². The minimum Gasteiger partial charge on any atom is -0.380 e. The van der Waals surface area contributed by atoms with E-state index in [-0.39, 0.29) is 5.91 Å². The Morgan fingerprint density at radius 1 is 1.50 bits per heavy atom. The van der Waals surface area contributed by atoms with Gasteiger partial charge in [-0.3, -0.25) is 14.5 Å². The van der Waals surface area contributed by atoms with Crippen molar-refractivity contribution in [2.24, 2.45) is 11.3 Å². The van der Waals surface area contributed by atoms with Gasteiger partial charge in [0.15, 0.2) is 0 Å². The summed E-state index contributed by atoms with van der Waals surface area (Å²) >= 11 is 0. The van der Waals surface area contributed by atoms with Gasteiger partial charge in [-0.15, -0.1) is 0 Å². The lowest BCUT2D eigenvalue weighted by Crippen LogP contribution is -2.49. The van der Waals surface area contributed by atoms with E-state index in [1.54, 1.807) is 17.1 Å². The van der Waals surface area contributed by atoms with Gasteiger partial charge in [0.25, 0.3) is 0 Å². The SMILES string of the molecule is O=C(Nc1cnn(Cc2cccnc2)c1)[C@]12CNC[C@H]1CCOC2. The number of nitrogens with one attached hydrogen (secondary N) is 2. The lowest BCUT2D eigenvalue weighted by atomic mass is 9.75. The molecule has 0 spiro atoms. The van der Waals surface area contributed by atoms with Crippen LogP contribution in [0.2, 0.25) is 0 Å². The molecule has 4 heterocycles. The first-order valence-electron chi connectivity index (χ1n) is 8.27. The van der Waals surface area contributed by atoms with Crippen LogP contribution in [0.4, 0.5) is 5.69 Å². The van der Waals surface area contributed by atoms with Gasteiger partial charge >= 0.3 is 0 Å². The number of pyridine rings is 1. The van der Waals surface area contributed by atoms with Crippen molar-refractivity contribution in [3.63, 3.8) is 0 Å². The first kappa shape index (κ1) is 15.3. The van der Waals surface area contributed by atoms with Crippen molar-refractivity contribution in [3.05, 3.63) is 42.5 Å². The van der Waals surface area contributed by atoms with Crippen molar-refractivity contribution in [2.45, 2.75) is 13.0 Å². The molecule has 2 aromatic rings. The molecule has 2 aliphatic rings. The summed E-state index contributed by atoms with van der Waals surface area (Å²) in [6.45, 7) is 3.41. The van der Waals surface area contributed by atoms with E-state index in [4.69, 9.17) is 4.74 Å². The summed E-state index contributed by atoms with van der Waals surface area (Å²) in [6, 6.07) is 3.90. The zero-order valence-corrected chi connectivity index (χ0v) is 13.4. The number of aromatic nitrogens is 3. The Labute approximate surface area is 140 Å². The number of fused-ring (bicyclic) bond motifs is 1. The topological polar surface area (TPSA) is 81.1 Å². The van der Waals surface area contributed by atoms with Gasteiger partial charge in [-0.05, 0) is 30.5 Å². The van der Waals surface area contributed by atoms with E-state index in [1.807, 2.05) is 24.5 Å². The van der Waals surface area contributed by atoms with Crippen LogP contribution >= 0.6 is 0 Å². The largest absolute Gasteiger partial charge is 0.380 e. The maximum absolute atomic E-state index is 12.9. The molecule has 0 saturated carbocycles. The van der Waals surface area contributed by atoms with Gasteiger partial charge in [-0.2, -0.15) is 5.10 Å². The number of ether oxygens (including phenoxy) is 1. The predicted molar refractivity (Wildman–Crippen MR) is 88.4 cm³/mol. The summed E-state index contributed by atoms with van der Waals surface area (Å²) in [5, 5.41) is 10.7. The lowest BCUT2D eigenvalue weighted by Gasteiger charge is -2.36. The van der Waals surface area contributed by atoms with Crippen LogP contribution in [-0.4, -0.2) is 47.0 Å². The minimum atomic E-state index is -0.455. The van der Waals surface area contributed by atoms with Gasteiger partial charge in [-0.1, -0.05) is 6.07 Å². The van der Waals surface area contributed by atoms with E-state index >= 15 is 0 Å². The molecule has 0 bridgehead atoms. The molecule has 2 aromatic heterocycles. The van der Waals surface area contributed by atoms with Crippen LogP contribution in [0.3, 0.4) is 0 Å². The van der Waals surface area contributed by atoms with Crippen molar-refractivity contribution < 1.29 is 9.53 Å². The summed E-state index contributed by atoms with van der Waals surface area (Å²) in [5.74, 6) is 0.370. The predicted octanol–water partition coefficient (Wildman–Crippen LogP) is 0.891. The molecule has 1 amide bonds. The zero-order valence-electron chi connectivity index (χ0n) is 13.4.